The van der Waals surface area contributed by atoms with Crippen molar-refractivity contribution in [2.24, 2.45) is 4.99 Å². The molecule has 0 saturated heterocycles. The fraction of sp³-hybridized carbons (Fsp3) is 0.286. The third-order valence-corrected chi connectivity index (χ3v) is 8.01. The minimum absolute atomic E-state index is 0.0109. The molecule has 0 bridgehead atoms. The number of sulfone groups is 1. The van der Waals surface area contributed by atoms with E-state index in [-0.39, 0.29) is 42.5 Å². The van der Waals surface area contributed by atoms with Crippen LogP contribution >= 0.6 is 0 Å². The summed E-state index contributed by atoms with van der Waals surface area (Å²) in [5.74, 6) is -1.97. The largest absolute Gasteiger partial charge is 0.494 e. The summed E-state index contributed by atoms with van der Waals surface area (Å²) in [5.41, 5.74) is 3.56. The molecule has 1 aliphatic heterocycles. The maximum atomic E-state index is 14.0. The highest BCUT2D eigenvalue weighted by atomic mass is 32.2. The van der Waals surface area contributed by atoms with Crippen LogP contribution in [0.1, 0.15) is 24.0 Å². The zero-order valence-electron chi connectivity index (χ0n) is 21.5. The predicted octanol–water partition coefficient (Wildman–Crippen LogP) is 2.93. The Kier molecular flexibility index (Phi) is 9.46. The third kappa shape index (κ3) is 7.00. The second-order valence-corrected chi connectivity index (χ2v) is 11.2. The first-order valence-electron chi connectivity index (χ1n) is 12.5. The highest BCUT2D eigenvalue weighted by Gasteiger charge is 2.45. The summed E-state index contributed by atoms with van der Waals surface area (Å²) in [6.07, 6.45) is 0.274. The molecule has 0 spiro atoms. The number of hydrogen-bond donors (Lipinski definition) is 3. The average molecular weight is 574 g/mol. The van der Waals surface area contributed by atoms with Crippen LogP contribution in [0, 0.1) is 11.6 Å². The number of ether oxygens (including phenoxy) is 2. The van der Waals surface area contributed by atoms with Crippen LogP contribution in [-0.2, 0) is 25.9 Å². The number of carbonyl (C=O) groups is 1. The Bertz CT molecular complexity index is 1430. The summed E-state index contributed by atoms with van der Waals surface area (Å²) >= 11 is 0. The van der Waals surface area contributed by atoms with Gasteiger partial charge in [0, 0.05) is 30.7 Å². The van der Waals surface area contributed by atoms with Gasteiger partial charge >= 0.3 is 0 Å². The van der Waals surface area contributed by atoms with Crippen LogP contribution in [0.2, 0.25) is 0 Å². The van der Waals surface area contributed by atoms with Crippen molar-refractivity contribution in [1.29, 1.82) is 0 Å². The van der Waals surface area contributed by atoms with E-state index in [0.29, 0.717) is 24.3 Å². The molecular formula is C28H29F2N3O6S. The molecule has 0 unspecified atom stereocenters. The zero-order valence-corrected chi connectivity index (χ0v) is 22.3. The number of carbonyl (C=O) groups excluding carboxylic acids is 1. The van der Waals surface area contributed by atoms with Gasteiger partial charge in [-0.25, -0.2) is 27.6 Å². The maximum Gasteiger partial charge on any atom is 0.265 e. The number of hydrazine groups is 1. The molecule has 3 aromatic carbocycles. The molecule has 0 aromatic heterocycles. The molecule has 9 nitrogen and oxygen atoms in total. The number of aliphatic hydroxyl groups excluding tert-OH is 1. The minimum atomic E-state index is -3.75. The van der Waals surface area contributed by atoms with Gasteiger partial charge in [0.25, 0.3) is 5.91 Å². The monoisotopic (exact) mass is 573 g/mol. The lowest BCUT2D eigenvalue weighted by molar-refractivity contribution is -0.127. The molecule has 1 atom stereocenters. The highest BCUT2D eigenvalue weighted by molar-refractivity contribution is 7.91. The molecule has 0 fully saturated rings. The second kappa shape index (κ2) is 13.0. The number of nitrogens with one attached hydrogen (secondary N) is 2. The van der Waals surface area contributed by atoms with Gasteiger partial charge in [-0.1, -0.05) is 24.3 Å². The van der Waals surface area contributed by atoms with Crippen molar-refractivity contribution in [3.05, 3.63) is 95.6 Å². The van der Waals surface area contributed by atoms with E-state index < -0.39 is 38.7 Å². The van der Waals surface area contributed by atoms with Gasteiger partial charge < -0.3 is 14.6 Å². The molecule has 212 valence electrons. The number of hydrogen-bond acceptors (Lipinski definition) is 8. The van der Waals surface area contributed by atoms with Crippen LogP contribution in [0.3, 0.4) is 0 Å². The molecule has 3 aromatic rings. The van der Waals surface area contributed by atoms with Crippen LogP contribution < -0.4 is 15.6 Å². The van der Waals surface area contributed by atoms with Crippen LogP contribution in [0.25, 0.3) is 0 Å². The summed E-state index contributed by atoms with van der Waals surface area (Å²) in [6, 6.07) is 18.0. The maximum absolute atomic E-state index is 14.0. The van der Waals surface area contributed by atoms with Gasteiger partial charge in [-0.2, -0.15) is 0 Å². The number of aliphatic hydroxyl groups is 1. The molecule has 1 heterocycles. The highest BCUT2D eigenvalue weighted by Crippen LogP contribution is 2.28. The van der Waals surface area contributed by atoms with E-state index in [2.05, 4.69) is 15.8 Å². The van der Waals surface area contributed by atoms with Crippen LogP contribution in [0.4, 0.5) is 8.78 Å². The van der Waals surface area contributed by atoms with E-state index in [1.165, 1.54) is 18.2 Å². The number of aliphatic imine (C=N–C) groups is 1. The molecule has 4 rings (SSSR count). The third-order valence-electron chi connectivity index (χ3n) is 6.27. The Hall–Kier alpha value is -3.87. The van der Waals surface area contributed by atoms with Gasteiger partial charge in [0.1, 0.15) is 24.0 Å². The Morgan fingerprint density at radius 2 is 1.73 bits per heavy atom. The Balaban J connectivity index is 1.53. The van der Waals surface area contributed by atoms with Gasteiger partial charge in [-0.05, 0) is 55.0 Å². The predicted molar refractivity (Wildman–Crippen MR) is 143 cm³/mol. The quantitative estimate of drug-likeness (QED) is 0.212. The minimum Gasteiger partial charge on any atom is -0.494 e. The summed E-state index contributed by atoms with van der Waals surface area (Å²) in [4.78, 5) is 18.0. The molecule has 1 aliphatic rings. The molecule has 3 N–H and O–H groups in total. The van der Waals surface area contributed by atoms with E-state index in [9.17, 15) is 22.0 Å². The SMILES string of the molecule is O=C(NNCc1c(F)cccc1F)[C@]1(CCS(=O)(=O)c2ccccc2)COC(c2ccc(OCCCO)cc2)=N1. The Labute approximate surface area is 230 Å². The summed E-state index contributed by atoms with van der Waals surface area (Å²) in [6.45, 7) is -0.242. The van der Waals surface area contributed by atoms with Crippen molar-refractivity contribution < 1.29 is 36.6 Å². The Morgan fingerprint density at radius 3 is 2.40 bits per heavy atom. The fourth-order valence-corrected chi connectivity index (χ4v) is 5.39. The van der Waals surface area contributed by atoms with Crippen LogP contribution in [0.5, 0.6) is 5.75 Å². The normalized spacial score (nSPS) is 16.7. The van der Waals surface area contributed by atoms with Gasteiger partial charge in [0.05, 0.1) is 17.3 Å². The fourth-order valence-electron chi connectivity index (χ4n) is 3.98. The number of amides is 1. The van der Waals surface area contributed by atoms with Gasteiger partial charge in [-0.15, -0.1) is 0 Å². The number of rotatable bonds is 13. The van der Waals surface area contributed by atoms with E-state index in [4.69, 9.17) is 14.6 Å². The molecule has 12 heteroatoms. The smallest absolute Gasteiger partial charge is 0.265 e. The van der Waals surface area contributed by atoms with Crippen molar-refractivity contribution in [2.75, 3.05) is 25.6 Å². The van der Waals surface area contributed by atoms with E-state index in [1.807, 2.05) is 0 Å². The van der Waals surface area contributed by atoms with Crippen molar-refractivity contribution in [3.63, 3.8) is 0 Å². The Morgan fingerprint density at radius 1 is 1.02 bits per heavy atom. The van der Waals surface area contributed by atoms with Crippen molar-refractivity contribution in [1.82, 2.24) is 10.9 Å². The van der Waals surface area contributed by atoms with Crippen molar-refractivity contribution in [2.45, 2.75) is 29.8 Å². The standard InChI is InChI=1S/C28H29F2N3O6S/c29-24-8-4-9-25(30)23(24)18-31-33-27(35)28(14-17-40(36,37)22-6-2-1-3-7-22)19-39-26(32-28)20-10-12-21(13-11-20)38-16-5-15-34/h1-4,6-13,31,34H,5,14-19H2,(H,33,35)/t28-/m0/s1. The summed E-state index contributed by atoms with van der Waals surface area (Å²) < 4.78 is 65.2. The lowest BCUT2D eigenvalue weighted by atomic mass is 9.98. The number of halogens is 2. The van der Waals surface area contributed by atoms with Gasteiger partial charge in [0.2, 0.25) is 5.90 Å². The van der Waals surface area contributed by atoms with E-state index in [1.54, 1.807) is 42.5 Å². The second-order valence-electron chi connectivity index (χ2n) is 9.08. The van der Waals surface area contributed by atoms with E-state index in [0.717, 1.165) is 12.1 Å². The number of benzene rings is 3. The first kappa shape index (κ1) is 29.1. The van der Waals surface area contributed by atoms with Crippen molar-refractivity contribution >= 4 is 21.6 Å². The lowest BCUT2D eigenvalue weighted by Gasteiger charge is -2.23. The van der Waals surface area contributed by atoms with Crippen LogP contribution in [0.15, 0.2) is 82.7 Å². The lowest BCUT2D eigenvalue weighted by Crippen LogP contribution is -2.52. The molecule has 0 aliphatic carbocycles. The molecule has 1 amide bonds. The van der Waals surface area contributed by atoms with Crippen molar-refractivity contribution in [3.8, 4) is 5.75 Å². The van der Waals surface area contributed by atoms with Gasteiger partial charge in [0.15, 0.2) is 15.4 Å². The summed E-state index contributed by atoms with van der Waals surface area (Å²) in [7, 11) is -3.75. The molecule has 0 radical (unpaired) electrons. The first-order valence-corrected chi connectivity index (χ1v) is 14.2. The topological polar surface area (TPSA) is 126 Å². The van der Waals surface area contributed by atoms with E-state index >= 15 is 0 Å². The number of nitrogens with zero attached hydrogens (tertiary/aromatic N) is 1. The average Bonchev–Trinajstić information content (AvgIpc) is 3.40. The van der Waals surface area contributed by atoms with Gasteiger partial charge in [-0.3, -0.25) is 10.2 Å². The molecule has 0 saturated carbocycles. The summed E-state index contributed by atoms with van der Waals surface area (Å²) in [5, 5.41) is 8.90. The molecular weight excluding hydrogens is 544 g/mol. The van der Waals surface area contributed by atoms with Crippen LogP contribution in [-0.4, -0.2) is 56.4 Å². The zero-order chi connectivity index (χ0) is 28.6. The molecule has 40 heavy (non-hydrogen) atoms. The first-order chi connectivity index (χ1) is 19.2.